The molecule has 1 heterocycles. The van der Waals surface area contributed by atoms with Crippen molar-refractivity contribution >= 4 is 20.1 Å². The Morgan fingerprint density at radius 2 is 2.18 bits per heavy atom. The third-order valence-corrected chi connectivity index (χ3v) is 2.63. The Morgan fingerprint density at radius 1 is 1.36 bits per heavy atom. The minimum atomic E-state index is 0.184. The van der Waals surface area contributed by atoms with Crippen molar-refractivity contribution in [2.24, 2.45) is 0 Å². The van der Waals surface area contributed by atoms with Crippen LogP contribution in [0, 0.1) is 0 Å². The van der Waals surface area contributed by atoms with Crippen LogP contribution in [0.15, 0.2) is 24.3 Å². The Balaban J connectivity index is 2.41. The highest BCUT2D eigenvalue weighted by molar-refractivity contribution is 6.85. The SMILES string of the molecule is O=C1COc2ccccc2[Si]1. The van der Waals surface area contributed by atoms with Crippen LogP contribution in [0.25, 0.3) is 0 Å². The zero-order valence-corrected chi connectivity index (χ0v) is 6.83. The molecule has 2 radical (unpaired) electrons. The molecule has 0 amide bonds. The maximum Gasteiger partial charge on any atom is 0.182 e. The maximum absolute atomic E-state index is 10.9. The predicted octanol–water partition coefficient (Wildman–Crippen LogP) is -0.0649. The smallest absolute Gasteiger partial charge is 0.182 e. The first-order valence-electron chi connectivity index (χ1n) is 3.38. The standard InChI is InChI=1S/C8H6O2Si/c9-8-5-10-6-3-1-2-4-7(6)11-8/h1-4H,5H2. The van der Waals surface area contributed by atoms with Crippen LogP contribution in [0.1, 0.15) is 0 Å². The third-order valence-electron chi connectivity index (χ3n) is 1.52. The number of hydrogen-bond donors (Lipinski definition) is 0. The van der Waals surface area contributed by atoms with E-state index in [0.29, 0.717) is 0 Å². The first kappa shape index (κ1) is 6.61. The van der Waals surface area contributed by atoms with Gasteiger partial charge < -0.3 is 9.53 Å². The van der Waals surface area contributed by atoms with Gasteiger partial charge in [-0.3, -0.25) is 0 Å². The van der Waals surface area contributed by atoms with Crippen LogP contribution in [0.2, 0.25) is 0 Å². The van der Waals surface area contributed by atoms with Crippen LogP contribution in [0.3, 0.4) is 0 Å². The van der Waals surface area contributed by atoms with Crippen LogP contribution >= 0.6 is 0 Å². The van der Waals surface area contributed by atoms with E-state index in [9.17, 15) is 4.79 Å². The largest absolute Gasteiger partial charge is 0.486 e. The molecule has 0 saturated heterocycles. The summed E-state index contributed by atoms with van der Waals surface area (Å²) in [5, 5.41) is 1.22. The summed E-state index contributed by atoms with van der Waals surface area (Å²) >= 11 is 0. The predicted molar refractivity (Wildman–Crippen MR) is 42.3 cm³/mol. The van der Waals surface area contributed by atoms with Gasteiger partial charge in [0.1, 0.15) is 17.8 Å². The summed E-state index contributed by atoms with van der Waals surface area (Å²) < 4.78 is 5.19. The Kier molecular flexibility index (Phi) is 1.51. The van der Waals surface area contributed by atoms with Crippen molar-refractivity contribution in [2.75, 3.05) is 6.61 Å². The molecule has 1 aromatic rings. The van der Waals surface area contributed by atoms with Gasteiger partial charge in [-0.2, -0.15) is 0 Å². The Bertz CT molecular complexity index is 296. The summed E-state index contributed by atoms with van der Waals surface area (Å²) in [6, 6.07) is 7.67. The Labute approximate surface area is 67.0 Å². The molecular weight excluding hydrogens is 156 g/mol. The molecule has 2 rings (SSSR count). The van der Waals surface area contributed by atoms with E-state index < -0.39 is 0 Å². The number of carbonyl (C=O) groups is 1. The lowest BCUT2D eigenvalue weighted by Gasteiger charge is -2.14. The van der Waals surface area contributed by atoms with Crippen LogP contribution in [-0.2, 0) is 4.79 Å². The second kappa shape index (κ2) is 2.51. The second-order valence-corrected chi connectivity index (χ2v) is 3.68. The zero-order chi connectivity index (χ0) is 7.68. The number of ether oxygens (including phenoxy) is 1. The molecule has 0 fully saturated rings. The Hall–Kier alpha value is -1.09. The van der Waals surface area contributed by atoms with Crippen molar-refractivity contribution in [1.29, 1.82) is 0 Å². The minimum absolute atomic E-state index is 0.184. The second-order valence-electron chi connectivity index (χ2n) is 2.33. The zero-order valence-electron chi connectivity index (χ0n) is 5.83. The van der Waals surface area contributed by atoms with Crippen molar-refractivity contribution in [3.8, 4) is 5.75 Å². The highest BCUT2D eigenvalue weighted by Gasteiger charge is 2.16. The van der Waals surface area contributed by atoms with Crippen molar-refractivity contribution in [3.63, 3.8) is 0 Å². The van der Waals surface area contributed by atoms with E-state index in [2.05, 4.69) is 0 Å². The lowest BCUT2D eigenvalue weighted by atomic mass is 10.3. The van der Waals surface area contributed by atoms with Crippen LogP contribution in [0.4, 0.5) is 0 Å². The lowest BCUT2D eigenvalue weighted by molar-refractivity contribution is -0.114. The summed E-state index contributed by atoms with van der Waals surface area (Å²) in [4.78, 5) is 10.9. The van der Waals surface area contributed by atoms with Crippen molar-refractivity contribution in [2.45, 2.75) is 0 Å². The lowest BCUT2D eigenvalue weighted by Crippen LogP contribution is -2.35. The van der Waals surface area contributed by atoms with Gasteiger partial charge in [-0.25, -0.2) is 0 Å². The quantitative estimate of drug-likeness (QED) is 0.499. The first-order chi connectivity index (χ1) is 5.36. The van der Waals surface area contributed by atoms with Gasteiger partial charge >= 0.3 is 0 Å². The minimum Gasteiger partial charge on any atom is -0.486 e. The van der Waals surface area contributed by atoms with Gasteiger partial charge in [-0.15, -0.1) is 0 Å². The molecule has 0 bridgehead atoms. The highest BCUT2D eigenvalue weighted by atomic mass is 28.2. The summed E-state index contributed by atoms with van der Waals surface area (Å²) in [5.41, 5.74) is 0. The summed E-state index contributed by atoms with van der Waals surface area (Å²) in [5.74, 6) is 0.866. The molecular formula is C8H6O2Si. The molecule has 0 aromatic heterocycles. The summed E-state index contributed by atoms with van der Waals surface area (Å²) in [6.45, 7) is 0.245. The number of hydrogen-bond acceptors (Lipinski definition) is 2. The number of benzene rings is 1. The topological polar surface area (TPSA) is 26.3 Å². The number of rotatable bonds is 0. The van der Waals surface area contributed by atoms with Gasteiger partial charge in [0.15, 0.2) is 9.52 Å². The van der Waals surface area contributed by atoms with E-state index in [4.69, 9.17) is 4.74 Å². The number of para-hydroxylation sites is 1. The summed E-state index contributed by atoms with van der Waals surface area (Å²) in [7, 11) is 0.283. The molecule has 54 valence electrons. The molecule has 0 spiro atoms. The fourth-order valence-corrected chi connectivity index (χ4v) is 1.93. The molecule has 3 heteroatoms. The van der Waals surface area contributed by atoms with E-state index in [-0.39, 0.29) is 21.5 Å². The first-order valence-corrected chi connectivity index (χ1v) is 4.38. The molecule has 0 aliphatic carbocycles. The van der Waals surface area contributed by atoms with Crippen LogP contribution in [-0.4, -0.2) is 21.5 Å². The van der Waals surface area contributed by atoms with Gasteiger partial charge in [-0.1, -0.05) is 18.2 Å². The monoisotopic (exact) mass is 162 g/mol. The molecule has 11 heavy (non-hydrogen) atoms. The molecule has 0 atom stereocenters. The molecule has 1 aliphatic rings. The fraction of sp³-hybridized carbons (Fsp3) is 0.125. The van der Waals surface area contributed by atoms with Crippen molar-refractivity contribution in [1.82, 2.24) is 0 Å². The van der Waals surface area contributed by atoms with Gasteiger partial charge in [-0.05, 0) is 11.3 Å². The third kappa shape index (κ3) is 1.19. The maximum atomic E-state index is 10.9. The average Bonchev–Trinajstić information content (AvgIpc) is 2.04. The Morgan fingerprint density at radius 3 is 3.09 bits per heavy atom. The van der Waals surface area contributed by atoms with Crippen molar-refractivity contribution < 1.29 is 9.53 Å². The van der Waals surface area contributed by atoms with Gasteiger partial charge in [0.25, 0.3) is 0 Å². The molecule has 2 nitrogen and oxygen atoms in total. The van der Waals surface area contributed by atoms with Gasteiger partial charge in [0, 0.05) is 0 Å². The van der Waals surface area contributed by atoms with E-state index in [0.717, 1.165) is 10.9 Å². The van der Waals surface area contributed by atoms with Crippen LogP contribution in [0.5, 0.6) is 5.75 Å². The molecule has 0 unspecified atom stereocenters. The van der Waals surface area contributed by atoms with Crippen molar-refractivity contribution in [3.05, 3.63) is 24.3 Å². The fourth-order valence-electron chi connectivity index (χ4n) is 1.03. The molecule has 1 aromatic carbocycles. The summed E-state index contributed by atoms with van der Waals surface area (Å²) in [6.07, 6.45) is 0. The molecule has 0 saturated carbocycles. The molecule has 0 N–H and O–H groups in total. The van der Waals surface area contributed by atoms with Gasteiger partial charge in [0.2, 0.25) is 0 Å². The van der Waals surface area contributed by atoms with E-state index in [1.54, 1.807) is 0 Å². The number of fused-ring (bicyclic) bond motifs is 1. The highest BCUT2D eigenvalue weighted by Crippen LogP contribution is 2.08. The van der Waals surface area contributed by atoms with E-state index in [1.807, 2.05) is 24.3 Å². The van der Waals surface area contributed by atoms with E-state index in [1.165, 1.54) is 0 Å². The number of carbonyl (C=O) groups excluding carboxylic acids is 1. The van der Waals surface area contributed by atoms with E-state index >= 15 is 0 Å². The van der Waals surface area contributed by atoms with Gasteiger partial charge in [0.05, 0.1) is 0 Å². The normalized spacial score (nSPS) is 15.5. The van der Waals surface area contributed by atoms with Crippen LogP contribution < -0.4 is 9.92 Å². The average molecular weight is 162 g/mol. The molecule has 1 aliphatic heterocycles.